The van der Waals surface area contributed by atoms with Crippen LogP contribution in [0.2, 0.25) is 0 Å². The highest BCUT2D eigenvalue weighted by molar-refractivity contribution is 5.81. The van der Waals surface area contributed by atoms with Crippen LogP contribution in [-0.4, -0.2) is 14.2 Å². The van der Waals surface area contributed by atoms with Gasteiger partial charge in [-0.15, -0.1) is 0 Å². The first-order chi connectivity index (χ1) is 10.0. The van der Waals surface area contributed by atoms with E-state index in [4.69, 9.17) is 9.47 Å². The van der Waals surface area contributed by atoms with Crippen LogP contribution in [0.15, 0.2) is 36.4 Å². The van der Waals surface area contributed by atoms with Crippen LogP contribution in [0, 0.1) is 13.8 Å². The Balaban J connectivity index is 2.36. The van der Waals surface area contributed by atoms with Gasteiger partial charge in [0.2, 0.25) is 0 Å². The minimum Gasteiger partial charge on any atom is -0.497 e. The lowest BCUT2D eigenvalue weighted by molar-refractivity contribution is 0.411. The molecule has 0 aliphatic heterocycles. The van der Waals surface area contributed by atoms with E-state index < -0.39 is 0 Å². The van der Waals surface area contributed by atoms with Crippen LogP contribution in [0.25, 0.3) is 11.6 Å². The third-order valence-electron chi connectivity index (χ3n) is 3.79. The number of aryl methyl sites for hydroxylation is 1. The zero-order valence-electron chi connectivity index (χ0n) is 13.4. The number of ether oxygens (including phenoxy) is 2. The number of hydrogen-bond donors (Lipinski definition) is 0. The van der Waals surface area contributed by atoms with Crippen LogP contribution in [0.1, 0.15) is 29.2 Å². The number of benzene rings is 2. The van der Waals surface area contributed by atoms with E-state index in [0.717, 1.165) is 17.1 Å². The molecule has 0 saturated heterocycles. The molecule has 0 radical (unpaired) electrons. The molecule has 2 heteroatoms. The van der Waals surface area contributed by atoms with Gasteiger partial charge in [-0.3, -0.25) is 0 Å². The lowest BCUT2D eigenvalue weighted by Gasteiger charge is -2.11. The molecule has 2 rings (SSSR count). The van der Waals surface area contributed by atoms with E-state index in [1.807, 2.05) is 12.1 Å². The van der Waals surface area contributed by atoms with E-state index in [1.165, 1.54) is 22.3 Å². The molecule has 0 spiro atoms. The Kier molecular flexibility index (Phi) is 4.69. The van der Waals surface area contributed by atoms with Crippen molar-refractivity contribution in [3.8, 4) is 11.5 Å². The second-order valence-corrected chi connectivity index (χ2v) is 5.22. The van der Waals surface area contributed by atoms with Crippen molar-refractivity contribution in [2.45, 2.75) is 20.8 Å². The van der Waals surface area contributed by atoms with Crippen molar-refractivity contribution in [1.29, 1.82) is 0 Å². The fourth-order valence-corrected chi connectivity index (χ4v) is 2.30. The summed E-state index contributed by atoms with van der Waals surface area (Å²) in [5.74, 6) is 1.81. The van der Waals surface area contributed by atoms with Gasteiger partial charge < -0.3 is 9.47 Å². The predicted molar refractivity (Wildman–Crippen MR) is 89.0 cm³/mol. The van der Waals surface area contributed by atoms with E-state index >= 15 is 0 Å². The summed E-state index contributed by atoms with van der Waals surface area (Å²) in [6, 6.07) is 12.4. The first kappa shape index (κ1) is 15.2. The van der Waals surface area contributed by atoms with Crippen LogP contribution in [0.4, 0.5) is 0 Å². The van der Waals surface area contributed by atoms with Gasteiger partial charge in [-0.1, -0.05) is 24.3 Å². The lowest BCUT2D eigenvalue weighted by atomic mass is 9.99. The van der Waals surface area contributed by atoms with Crippen molar-refractivity contribution in [2.75, 3.05) is 14.2 Å². The molecule has 0 fully saturated rings. The topological polar surface area (TPSA) is 18.5 Å². The molecular formula is C19H22O2. The van der Waals surface area contributed by atoms with Crippen molar-refractivity contribution < 1.29 is 9.47 Å². The van der Waals surface area contributed by atoms with Crippen LogP contribution in [0.5, 0.6) is 11.5 Å². The summed E-state index contributed by atoms with van der Waals surface area (Å²) >= 11 is 0. The standard InChI is InChI=1S/C19H22O2/c1-13-11-17(12-19(21-5)15(13)3)14(2)10-16-6-8-18(20-4)9-7-16/h6-12H,1-5H3/b14-10-. The van der Waals surface area contributed by atoms with E-state index in [0.29, 0.717) is 0 Å². The SMILES string of the molecule is COc1ccc(/C=C(/C)c2cc(C)c(C)c(OC)c2)cc1. The highest BCUT2D eigenvalue weighted by atomic mass is 16.5. The molecule has 0 amide bonds. The van der Waals surface area contributed by atoms with Gasteiger partial charge in [-0.2, -0.15) is 0 Å². The maximum atomic E-state index is 5.45. The van der Waals surface area contributed by atoms with Gasteiger partial charge in [0.1, 0.15) is 11.5 Å². The van der Waals surface area contributed by atoms with E-state index in [9.17, 15) is 0 Å². The highest BCUT2D eigenvalue weighted by Gasteiger charge is 2.06. The molecule has 2 nitrogen and oxygen atoms in total. The van der Waals surface area contributed by atoms with E-state index in [1.54, 1.807) is 14.2 Å². The fourth-order valence-electron chi connectivity index (χ4n) is 2.30. The monoisotopic (exact) mass is 282 g/mol. The molecule has 0 unspecified atom stereocenters. The summed E-state index contributed by atoms with van der Waals surface area (Å²) in [6.07, 6.45) is 2.17. The summed E-state index contributed by atoms with van der Waals surface area (Å²) in [4.78, 5) is 0. The van der Waals surface area contributed by atoms with Crippen molar-refractivity contribution in [1.82, 2.24) is 0 Å². The van der Waals surface area contributed by atoms with Crippen LogP contribution in [-0.2, 0) is 0 Å². The van der Waals surface area contributed by atoms with Gasteiger partial charge >= 0.3 is 0 Å². The zero-order chi connectivity index (χ0) is 15.4. The Morgan fingerprint density at radius 3 is 2.19 bits per heavy atom. The predicted octanol–water partition coefficient (Wildman–Crippen LogP) is 4.88. The average Bonchev–Trinajstić information content (AvgIpc) is 2.50. The molecule has 2 aromatic rings. The van der Waals surface area contributed by atoms with Crippen LogP contribution in [0.3, 0.4) is 0 Å². The third-order valence-corrected chi connectivity index (χ3v) is 3.79. The van der Waals surface area contributed by atoms with Crippen molar-refractivity contribution in [2.24, 2.45) is 0 Å². The number of hydrogen-bond acceptors (Lipinski definition) is 2. The van der Waals surface area contributed by atoms with Crippen molar-refractivity contribution in [3.05, 3.63) is 58.7 Å². The lowest BCUT2D eigenvalue weighted by Crippen LogP contribution is -1.93. The van der Waals surface area contributed by atoms with Crippen LogP contribution >= 0.6 is 0 Å². The summed E-state index contributed by atoms with van der Waals surface area (Å²) in [6.45, 7) is 6.32. The molecule has 0 bridgehead atoms. The maximum absolute atomic E-state index is 5.45. The number of allylic oxidation sites excluding steroid dienone is 1. The minimum absolute atomic E-state index is 0.873. The molecule has 0 heterocycles. The van der Waals surface area contributed by atoms with E-state index in [-0.39, 0.29) is 0 Å². The highest BCUT2D eigenvalue weighted by Crippen LogP contribution is 2.28. The van der Waals surface area contributed by atoms with Crippen LogP contribution < -0.4 is 9.47 Å². The normalized spacial score (nSPS) is 11.4. The fraction of sp³-hybridized carbons (Fsp3) is 0.263. The first-order valence-corrected chi connectivity index (χ1v) is 7.03. The Morgan fingerprint density at radius 2 is 1.62 bits per heavy atom. The van der Waals surface area contributed by atoms with Gasteiger partial charge in [0, 0.05) is 0 Å². The zero-order valence-corrected chi connectivity index (χ0v) is 13.4. The number of rotatable bonds is 4. The third kappa shape index (κ3) is 3.46. The molecule has 0 atom stereocenters. The smallest absolute Gasteiger partial charge is 0.122 e. The molecular weight excluding hydrogens is 260 g/mol. The average molecular weight is 282 g/mol. The first-order valence-electron chi connectivity index (χ1n) is 7.03. The molecule has 0 aliphatic rings. The Morgan fingerprint density at radius 1 is 0.952 bits per heavy atom. The Labute approximate surface area is 127 Å². The number of methoxy groups -OCH3 is 2. The van der Waals surface area contributed by atoms with Gasteiger partial charge in [0.15, 0.2) is 0 Å². The molecule has 0 N–H and O–H groups in total. The molecule has 110 valence electrons. The van der Waals surface area contributed by atoms with Gasteiger partial charge in [-0.05, 0) is 66.8 Å². The van der Waals surface area contributed by atoms with Gasteiger partial charge in [-0.25, -0.2) is 0 Å². The molecule has 0 saturated carbocycles. The molecule has 0 aromatic heterocycles. The minimum atomic E-state index is 0.873. The second kappa shape index (κ2) is 6.49. The van der Waals surface area contributed by atoms with Gasteiger partial charge in [0.25, 0.3) is 0 Å². The maximum Gasteiger partial charge on any atom is 0.122 e. The second-order valence-electron chi connectivity index (χ2n) is 5.22. The quantitative estimate of drug-likeness (QED) is 0.744. The molecule has 21 heavy (non-hydrogen) atoms. The summed E-state index contributed by atoms with van der Waals surface area (Å²) < 4.78 is 10.6. The van der Waals surface area contributed by atoms with Crippen molar-refractivity contribution in [3.63, 3.8) is 0 Å². The Bertz CT molecular complexity index is 652. The van der Waals surface area contributed by atoms with Crippen molar-refractivity contribution >= 4 is 11.6 Å². The Hall–Kier alpha value is -2.22. The van der Waals surface area contributed by atoms with E-state index in [2.05, 4.69) is 51.1 Å². The largest absolute Gasteiger partial charge is 0.497 e. The van der Waals surface area contributed by atoms with Gasteiger partial charge in [0.05, 0.1) is 14.2 Å². The summed E-state index contributed by atoms with van der Waals surface area (Å²) in [5.41, 5.74) is 5.99. The molecule has 2 aromatic carbocycles. The summed E-state index contributed by atoms with van der Waals surface area (Å²) in [5, 5.41) is 0. The summed E-state index contributed by atoms with van der Waals surface area (Å²) in [7, 11) is 3.39. The molecule has 0 aliphatic carbocycles.